The number of aromatic nitrogens is 1. The molecule has 1 N–H and O–H groups in total. The van der Waals surface area contributed by atoms with Gasteiger partial charge in [-0.2, -0.15) is 0 Å². The summed E-state index contributed by atoms with van der Waals surface area (Å²) in [7, 11) is 0. The highest BCUT2D eigenvalue weighted by Crippen LogP contribution is 2.20. The fraction of sp³-hybridized carbons (Fsp3) is 0.0909. The van der Waals surface area contributed by atoms with Crippen LogP contribution in [0.25, 0.3) is 0 Å². The quantitative estimate of drug-likeness (QED) is 0.907. The number of ether oxygens (including phenoxy) is 1. The van der Waals surface area contributed by atoms with Crippen LogP contribution < -0.4 is 4.74 Å². The van der Waals surface area contributed by atoms with Gasteiger partial charge in [0.1, 0.15) is 18.2 Å². The van der Waals surface area contributed by atoms with Crippen molar-refractivity contribution in [1.82, 2.24) is 4.98 Å². The highest BCUT2D eigenvalue weighted by atomic mass is 79.9. The van der Waals surface area contributed by atoms with E-state index in [9.17, 15) is 4.39 Å². The summed E-state index contributed by atoms with van der Waals surface area (Å²) in [5, 5.41) is 0. The van der Waals surface area contributed by atoms with Gasteiger partial charge in [0, 0.05) is 22.4 Å². The molecule has 0 fully saturated rings. The lowest BCUT2D eigenvalue weighted by molar-refractivity contribution is 0.305. The van der Waals surface area contributed by atoms with Crippen LogP contribution in [0.15, 0.2) is 41.1 Å². The zero-order valence-electron chi connectivity index (χ0n) is 7.84. The Morgan fingerprint density at radius 2 is 2.20 bits per heavy atom. The maximum atomic E-state index is 12.9. The molecule has 2 nitrogen and oxygen atoms in total. The Morgan fingerprint density at radius 3 is 2.93 bits per heavy atom. The summed E-state index contributed by atoms with van der Waals surface area (Å²) in [6, 6.07) is 6.35. The number of benzene rings is 1. The van der Waals surface area contributed by atoms with E-state index in [1.54, 1.807) is 18.5 Å². The van der Waals surface area contributed by atoms with Gasteiger partial charge in [-0.3, -0.25) is 0 Å². The average Bonchev–Trinajstić information content (AvgIpc) is 2.72. The van der Waals surface area contributed by atoms with Crippen LogP contribution in [0.5, 0.6) is 5.75 Å². The van der Waals surface area contributed by atoms with Gasteiger partial charge in [0.15, 0.2) is 0 Å². The van der Waals surface area contributed by atoms with Gasteiger partial charge >= 0.3 is 0 Å². The second-order valence-corrected chi connectivity index (χ2v) is 3.93. The van der Waals surface area contributed by atoms with Gasteiger partial charge in [-0.05, 0) is 24.3 Å². The molecule has 78 valence electrons. The molecule has 0 bridgehead atoms. The average molecular weight is 270 g/mol. The Hall–Kier alpha value is -1.29. The Morgan fingerprint density at radius 1 is 1.33 bits per heavy atom. The van der Waals surface area contributed by atoms with Crippen LogP contribution in [0.1, 0.15) is 5.56 Å². The molecular formula is C11H9BrFNO. The number of nitrogens with one attached hydrogen (secondary N) is 1. The van der Waals surface area contributed by atoms with Crippen molar-refractivity contribution in [2.75, 3.05) is 0 Å². The highest BCUT2D eigenvalue weighted by molar-refractivity contribution is 9.10. The first-order valence-electron chi connectivity index (χ1n) is 4.45. The van der Waals surface area contributed by atoms with Crippen LogP contribution in [0.2, 0.25) is 0 Å². The Balaban J connectivity index is 2.07. The van der Waals surface area contributed by atoms with Crippen molar-refractivity contribution in [2.45, 2.75) is 6.61 Å². The Bertz CT molecular complexity index is 442. The molecule has 0 aliphatic rings. The third kappa shape index (κ3) is 2.59. The van der Waals surface area contributed by atoms with Crippen LogP contribution >= 0.6 is 15.9 Å². The van der Waals surface area contributed by atoms with E-state index in [4.69, 9.17) is 4.74 Å². The van der Waals surface area contributed by atoms with E-state index in [2.05, 4.69) is 20.9 Å². The van der Waals surface area contributed by atoms with Crippen molar-refractivity contribution in [3.8, 4) is 5.75 Å². The fourth-order valence-corrected chi connectivity index (χ4v) is 1.57. The molecular weight excluding hydrogens is 261 g/mol. The maximum absolute atomic E-state index is 12.9. The molecule has 0 aliphatic heterocycles. The first-order valence-corrected chi connectivity index (χ1v) is 5.24. The first kappa shape index (κ1) is 10.2. The molecule has 0 spiro atoms. The molecule has 0 radical (unpaired) electrons. The molecule has 2 aromatic rings. The van der Waals surface area contributed by atoms with Gasteiger partial charge in [0.2, 0.25) is 0 Å². The highest BCUT2D eigenvalue weighted by Gasteiger charge is 2.02. The number of rotatable bonds is 3. The number of halogens is 2. The van der Waals surface area contributed by atoms with Crippen molar-refractivity contribution >= 4 is 15.9 Å². The van der Waals surface area contributed by atoms with Gasteiger partial charge in [0.05, 0.1) is 0 Å². The second kappa shape index (κ2) is 4.49. The van der Waals surface area contributed by atoms with Crippen molar-refractivity contribution in [2.24, 2.45) is 0 Å². The standard InChI is InChI=1S/C11H9BrFNO/c12-11-2-1-9(13)5-8(11)7-15-10-3-4-14-6-10/h1-6,14H,7H2. The molecule has 1 aromatic carbocycles. The minimum atomic E-state index is -0.258. The smallest absolute Gasteiger partial charge is 0.137 e. The Labute approximate surface area is 95.2 Å². The SMILES string of the molecule is Fc1ccc(Br)c(COc2cc[nH]c2)c1. The van der Waals surface area contributed by atoms with Crippen LogP contribution in [0, 0.1) is 5.82 Å². The molecule has 4 heteroatoms. The summed E-state index contributed by atoms with van der Waals surface area (Å²) in [4.78, 5) is 2.88. The van der Waals surface area contributed by atoms with Crippen molar-refractivity contribution in [3.63, 3.8) is 0 Å². The number of hydrogen-bond donors (Lipinski definition) is 1. The first-order chi connectivity index (χ1) is 7.25. The van der Waals surface area contributed by atoms with Crippen LogP contribution in [-0.4, -0.2) is 4.98 Å². The molecule has 15 heavy (non-hydrogen) atoms. The molecule has 2 rings (SSSR count). The lowest BCUT2D eigenvalue weighted by Crippen LogP contribution is -1.96. The van der Waals surface area contributed by atoms with Gasteiger partial charge in [0.25, 0.3) is 0 Å². The zero-order chi connectivity index (χ0) is 10.7. The molecule has 0 unspecified atom stereocenters. The third-order valence-corrected chi connectivity index (χ3v) is 2.75. The molecule has 1 heterocycles. The lowest BCUT2D eigenvalue weighted by Gasteiger charge is -2.05. The van der Waals surface area contributed by atoms with E-state index in [1.165, 1.54) is 12.1 Å². The van der Waals surface area contributed by atoms with Crippen molar-refractivity contribution in [1.29, 1.82) is 0 Å². The topological polar surface area (TPSA) is 25.0 Å². The summed E-state index contributed by atoms with van der Waals surface area (Å²) in [5.41, 5.74) is 0.788. The molecule has 0 amide bonds. The van der Waals surface area contributed by atoms with Crippen molar-refractivity contribution < 1.29 is 9.13 Å². The van der Waals surface area contributed by atoms with E-state index in [0.717, 1.165) is 15.8 Å². The monoisotopic (exact) mass is 269 g/mol. The van der Waals surface area contributed by atoms with E-state index >= 15 is 0 Å². The number of aromatic amines is 1. The van der Waals surface area contributed by atoms with Crippen LogP contribution in [-0.2, 0) is 6.61 Å². The minimum Gasteiger partial charge on any atom is -0.487 e. The fourth-order valence-electron chi connectivity index (χ4n) is 1.21. The summed E-state index contributed by atoms with van der Waals surface area (Å²) >= 11 is 3.34. The predicted molar refractivity (Wildman–Crippen MR) is 59.2 cm³/mol. The second-order valence-electron chi connectivity index (χ2n) is 3.07. The molecule has 1 aromatic heterocycles. The third-order valence-electron chi connectivity index (χ3n) is 1.97. The van der Waals surface area contributed by atoms with Crippen LogP contribution in [0.4, 0.5) is 4.39 Å². The molecule has 0 aliphatic carbocycles. The summed E-state index contributed by atoms with van der Waals surface area (Å²) in [6.45, 7) is 0.343. The van der Waals surface area contributed by atoms with Gasteiger partial charge in [-0.15, -0.1) is 0 Å². The molecule has 0 atom stereocenters. The predicted octanol–water partition coefficient (Wildman–Crippen LogP) is 3.50. The zero-order valence-corrected chi connectivity index (χ0v) is 9.42. The van der Waals surface area contributed by atoms with E-state index in [-0.39, 0.29) is 5.82 Å². The number of hydrogen-bond acceptors (Lipinski definition) is 1. The van der Waals surface area contributed by atoms with Crippen molar-refractivity contribution in [3.05, 3.63) is 52.5 Å². The van der Waals surface area contributed by atoms with Crippen LogP contribution in [0.3, 0.4) is 0 Å². The normalized spacial score (nSPS) is 10.3. The van der Waals surface area contributed by atoms with Gasteiger partial charge in [-0.25, -0.2) is 4.39 Å². The lowest BCUT2D eigenvalue weighted by atomic mass is 10.2. The van der Waals surface area contributed by atoms with E-state index in [0.29, 0.717) is 6.61 Å². The summed E-state index contributed by atoms with van der Waals surface area (Å²) < 4.78 is 19.2. The largest absolute Gasteiger partial charge is 0.487 e. The number of H-pyrrole nitrogens is 1. The Kier molecular flexibility index (Phi) is 3.06. The minimum absolute atomic E-state index is 0.258. The maximum Gasteiger partial charge on any atom is 0.137 e. The van der Waals surface area contributed by atoms with E-state index in [1.807, 2.05) is 6.07 Å². The summed E-state index contributed by atoms with van der Waals surface area (Å²) in [6.07, 6.45) is 3.52. The summed E-state index contributed by atoms with van der Waals surface area (Å²) in [5.74, 6) is 0.483. The van der Waals surface area contributed by atoms with Gasteiger partial charge < -0.3 is 9.72 Å². The molecule has 0 saturated heterocycles. The van der Waals surface area contributed by atoms with E-state index < -0.39 is 0 Å². The van der Waals surface area contributed by atoms with Gasteiger partial charge in [-0.1, -0.05) is 15.9 Å². The molecule has 0 saturated carbocycles.